The number of nitrogen functional groups attached to an aromatic ring is 2. The molecule has 2 aromatic rings. The standard InChI is InChI=1S/C18H22N4O2/c1-24-18(23)16-14(2-3-15(19)17(16)20)12-6-10-22(11-7-12)13-4-8-21-9-5-13/h2-5,8-9,12H,6-7,10-11,19-20H2,1H3. The van der Waals surface area contributed by atoms with Gasteiger partial charge in [-0.1, -0.05) is 6.07 Å². The fraction of sp³-hybridized carbons (Fsp3) is 0.333. The van der Waals surface area contributed by atoms with Gasteiger partial charge in [0.1, 0.15) is 0 Å². The van der Waals surface area contributed by atoms with Crippen LogP contribution in [0.2, 0.25) is 0 Å². The number of carbonyl (C=O) groups is 1. The third kappa shape index (κ3) is 2.99. The Balaban J connectivity index is 1.82. The lowest BCUT2D eigenvalue weighted by molar-refractivity contribution is 0.0600. The van der Waals surface area contributed by atoms with E-state index in [-0.39, 0.29) is 5.92 Å². The summed E-state index contributed by atoms with van der Waals surface area (Å²) in [4.78, 5) is 18.5. The summed E-state index contributed by atoms with van der Waals surface area (Å²) in [5.41, 5.74) is 15.2. The van der Waals surface area contributed by atoms with Crippen LogP contribution in [0.5, 0.6) is 0 Å². The summed E-state index contributed by atoms with van der Waals surface area (Å²) < 4.78 is 4.90. The highest BCUT2D eigenvalue weighted by molar-refractivity contribution is 5.99. The van der Waals surface area contributed by atoms with E-state index in [4.69, 9.17) is 16.2 Å². The molecule has 6 nitrogen and oxygen atoms in total. The molecule has 0 amide bonds. The van der Waals surface area contributed by atoms with Gasteiger partial charge in [0.2, 0.25) is 0 Å². The first-order valence-corrected chi connectivity index (χ1v) is 8.03. The molecule has 1 aromatic heterocycles. The number of pyridine rings is 1. The van der Waals surface area contributed by atoms with E-state index >= 15 is 0 Å². The molecule has 0 unspecified atom stereocenters. The van der Waals surface area contributed by atoms with Crippen molar-refractivity contribution in [3.05, 3.63) is 47.8 Å². The topological polar surface area (TPSA) is 94.5 Å². The summed E-state index contributed by atoms with van der Waals surface area (Å²) in [6.07, 6.45) is 5.49. The van der Waals surface area contributed by atoms with Crippen LogP contribution in [-0.4, -0.2) is 31.2 Å². The number of carbonyl (C=O) groups excluding carboxylic acids is 1. The number of piperidine rings is 1. The number of ether oxygens (including phenoxy) is 1. The Morgan fingerprint density at radius 3 is 2.46 bits per heavy atom. The number of nitrogens with zero attached hydrogens (tertiary/aromatic N) is 2. The molecule has 4 N–H and O–H groups in total. The number of hydrogen-bond acceptors (Lipinski definition) is 6. The summed E-state index contributed by atoms with van der Waals surface area (Å²) in [5.74, 6) is -0.161. The summed E-state index contributed by atoms with van der Waals surface area (Å²) >= 11 is 0. The molecule has 1 aliphatic rings. The average Bonchev–Trinajstić information content (AvgIpc) is 2.64. The summed E-state index contributed by atoms with van der Waals surface area (Å²) in [5, 5.41) is 0. The first kappa shape index (κ1) is 16.1. The zero-order valence-electron chi connectivity index (χ0n) is 13.7. The molecule has 2 heterocycles. The van der Waals surface area contributed by atoms with E-state index in [1.165, 1.54) is 12.8 Å². The largest absolute Gasteiger partial charge is 0.465 e. The number of aromatic nitrogens is 1. The molecule has 1 aromatic carbocycles. The minimum Gasteiger partial charge on any atom is -0.465 e. The van der Waals surface area contributed by atoms with E-state index in [1.807, 2.05) is 18.2 Å². The number of nitrogens with two attached hydrogens (primary N) is 2. The van der Waals surface area contributed by atoms with E-state index in [0.29, 0.717) is 16.9 Å². The lowest BCUT2D eigenvalue weighted by Gasteiger charge is -2.34. The highest BCUT2D eigenvalue weighted by atomic mass is 16.5. The Morgan fingerprint density at radius 1 is 1.17 bits per heavy atom. The van der Waals surface area contributed by atoms with Gasteiger partial charge in [-0.25, -0.2) is 4.79 Å². The molecule has 0 radical (unpaired) electrons. The predicted molar refractivity (Wildman–Crippen MR) is 95.0 cm³/mol. The van der Waals surface area contributed by atoms with Crippen molar-refractivity contribution in [3.8, 4) is 0 Å². The van der Waals surface area contributed by atoms with Gasteiger partial charge in [-0.3, -0.25) is 4.98 Å². The van der Waals surface area contributed by atoms with Crippen LogP contribution in [-0.2, 0) is 4.74 Å². The molecule has 6 heteroatoms. The van der Waals surface area contributed by atoms with E-state index < -0.39 is 5.97 Å². The van der Waals surface area contributed by atoms with Crippen LogP contribution in [0.3, 0.4) is 0 Å². The highest BCUT2D eigenvalue weighted by Crippen LogP contribution is 2.36. The Morgan fingerprint density at radius 2 is 1.83 bits per heavy atom. The molecule has 0 aliphatic carbocycles. The van der Waals surface area contributed by atoms with Gasteiger partial charge in [0, 0.05) is 31.2 Å². The van der Waals surface area contributed by atoms with Gasteiger partial charge in [0.15, 0.2) is 0 Å². The number of methoxy groups -OCH3 is 1. The molecule has 126 valence electrons. The quantitative estimate of drug-likeness (QED) is 0.664. The Bertz CT molecular complexity index is 725. The zero-order valence-corrected chi connectivity index (χ0v) is 13.7. The Hall–Kier alpha value is -2.76. The minimum atomic E-state index is -0.425. The first-order chi connectivity index (χ1) is 11.6. The molecule has 0 spiro atoms. The van der Waals surface area contributed by atoms with E-state index in [2.05, 4.69) is 9.88 Å². The van der Waals surface area contributed by atoms with Crippen LogP contribution in [0.25, 0.3) is 0 Å². The van der Waals surface area contributed by atoms with Gasteiger partial charge in [-0.15, -0.1) is 0 Å². The molecule has 1 fully saturated rings. The summed E-state index contributed by atoms with van der Waals surface area (Å²) in [6, 6.07) is 7.71. The maximum absolute atomic E-state index is 12.2. The summed E-state index contributed by atoms with van der Waals surface area (Å²) in [7, 11) is 1.36. The number of anilines is 3. The fourth-order valence-corrected chi connectivity index (χ4v) is 3.33. The van der Waals surface area contributed by atoms with Gasteiger partial charge in [-0.05, 0) is 42.5 Å². The molecule has 0 atom stereocenters. The molecular formula is C18H22N4O2. The van der Waals surface area contributed by atoms with Crippen molar-refractivity contribution in [1.29, 1.82) is 0 Å². The minimum absolute atomic E-state index is 0.264. The van der Waals surface area contributed by atoms with Gasteiger partial charge in [0.05, 0.1) is 24.0 Å². The van der Waals surface area contributed by atoms with Gasteiger partial charge in [0.25, 0.3) is 0 Å². The lowest BCUT2D eigenvalue weighted by atomic mass is 9.85. The van der Waals surface area contributed by atoms with Crippen molar-refractivity contribution >= 4 is 23.0 Å². The van der Waals surface area contributed by atoms with Crippen molar-refractivity contribution in [2.45, 2.75) is 18.8 Å². The third-order valence-electron chi connectivity index (χ3n) is 4.66. The van der Waals surface area contributed by atoms with Crippen molar-refractivity contribution in [3.63, 3.8) is 0 Å². The van der Waals surface area contributed by atoms with Gasteiger partial charge >= 0.3 is 5.97 Å². The van der Waals surface area contributed by atoms with Crippen LogP contribution in [0.15, 0.2) is 36.7 Å². The monoisotopic (exact) mass is 326 g/mol. The molecule has 1 saturated heterocycles. The SMILES string of the molecule is COC(=O)c1c(C2CCN(c3ccncc3)CC2)ccc(N)c1N. The van der Waals surface area contributed by atoms with E-state index in [9.17, 15) is 4.79 Å². The summed E-state index contributed by atoms with van der Waals surface area (Å²) in [6.45, 7) is 1.83. The maximum atomic E-state index is 12.2. The third-order valence-corrected chi connectivity index (χ3v) is 4.66. The molecule has 24 heavy (non-hydrogen) atoms. The van der Waals surface area contributed by atoms with Crippen LogP contribution in [0, 0.1) is 0 Å². The fourth-order valence-electron chi connectivity index (χ4n) is 3.33. The van der Waals surface area contributed by atoms with E-state index in [1.54, 1.807) is 18.5 Å². The van der Waals surface area contributed by atoms with Crippen molar-refractivity contribution in [2.24, 2.45) is 0 Å². The molecule has 3 rings (SSSR count). The second kappa shape index (κ2) is 6.78. The Labute approximate surface area is 141 Å². The zero-order chi connectivity index (χ0) is 17.1. The molecule has 0 bridgehead atoms. The number of esters is 1. The van der Waals surface area contributed by atoms with Gasteiger partial charge in [-0.2, -0.15) is 0 Å². The van der Waals surface area contributed by atoms with Crippen LogP contribution >= 0.6 is 0 Å². The lowest BCUT2D eigenvalue weighted by Crippen LogP contribution is -2.33. The number of hydrogen-bond donors (Lipinski definition) is 2. The average molecular weight is 326 g/mol. The molecular weight excluding hydrogens is 304 g/mol. The van der Waals surface area contributed by atoms with Crippen LogP contribution in [0.1, 0.15) is 34.7 Å². The second-order valence-corrected chi connectivity index (χ2v) is 5.99. The number of rotatable bonds is 3. The van der Waals surface area contributed by atoms with E-state index in [0.717, 1.165) is 31.5 Å². The van der Waals surface area contributed by atoms with Crippen LogP contribution < -0.4 is 16.4 Å². The van der Waals surface area contributed by atoms with Gasteiger partial charge < -0.3 is 21.1 Å². The Kier molecular flexibility index (Phi) is 4.55. The molecule has 1 aliphatic heterocycles. The molecule has 0 saturated carbocycles. The second-order valence-electron chi connectivity index (χ2n) is 5.99. The smallest absolute Gasteiger partial charge is 0.340 e. The van der Waals surface area contributed by atoms with Crippen molar-refractivity contribution in [2.75, 3.05) is 36.6 Å². The van der Waals surface area contributed by atoms with Crippen LogP contribution in [0.4, 0.5) is 17.1 Å². The van der Waals surface area contributed by atoms with Crippen molar-refractivity contribution < 1.29 is 9.53 Å². The first-order valence-electron chi connectivity index (χ1n) is 8.03. The normalized spacial score (nSPS) is 15.3. The predicted octanol–water partition coefficient (Wildman–Crippen LogP) is 2.42. The highest BCUT2D eigenvalue weighted by Gasteiger charge is 2.27. The number of benzene rings is 1. The maximum Gasteiger partial charge on any atom is 0.340 e. The van der Waals surface area contributed by atoms with Crippen molar-refractivity contribution in [1.82, 2.24) is 4.98 Å².